The van der Waals surface area contributed by atoms with E-state index in [-0.39, 0.29) is 6.04 Å². The van der Waals surface area contributed by atoms with Crippen molar-refractivity contribution in [2.45, 2.75) is 25.0 Å². The SMILES string of the molecule is Cc1ccccc1C(NCC1(O)CCSC1)c1ccccc1. The first-order valence-corrected chi connectivity index (χ1v) is 8.97. The first-order chi connectivity index (χ1) is 10.7. The minimum Gasteiger partial charge on any atom is -0.388 e. The van der Waals surface area contributed by atoms with Gasteiger partial charge in [-0.15, -0.1) is 0 Å². The quantitative estimate of drug-likeness (QED) is 0.885. The van der Waals surface area contributed by atoms with Gasteiger partial charge < -0.3 is 10.4 Å². The Kier molecular flexibility index (Phi) is 4.87. The number of benzene rings is 2. The smallest absolute Gasteiger partial charge is 0.0869 e. The maximum Gasteiger partial charge on any atom is 0.0869 e. The Morgan fingerprint density at radius 2 is 1.86 bits per heavy atom. The van der Waals surface area contributed by atoms with Gasteiger partial charge in [0, 0.05) is 12.3 Å². The average Bonchev–Trinajstić information content (AvgIpc) is 2.97. The summed E-state index contributed by atoms with van der Waals surface area (Å²) >= 11 is 1.84. The number of rotatable bonds is 5. The highest BCUT2D eigenvalue weighted by Gasteiger charge is 2.32. The van der Waals surface area contributed by atoms with E-state index >= 15 is 0 Å². The molecule has 3 heteroatoms. The third kappa shape index (κ3) is 3.54. The molecule has 22 heavy (non-hydrogen) atoms. The Morgan fingerprint density at radius 3 is 2.55 bits per heavy atom. The molecule has 3 rings (SSSR count). The van der Waals surface area contributed by atoms with Crippen LogP contribution in [0.25, 0.3) is 0 Å². The van der Waals surface area contributed by atoms with E-state index in [4.69, 9.17) is 0 Å². The third-order valence-electron chi connectivity index (χ3n) is 4.35. The van der Waals surface area contributed by atoms with Crippen LogP contribution in [0.2, 0.25) is 0 Å². The normalized spacial score (nSPS) is 22.6. The molecule has 0 amide bonds. The second kappa shape index (κ2) is 6.86. The van der Waals surface area contributed by atoms with Gasteiger partial charge in [0.1, 0.15) is 0 Å². The van der Waals surface area contributed by atoms with Gasteiger partial charge in [0.2, 0.25) is 0 Å². The number of aliphatic hydroxyl groups is 1. The van der Waals surface area contributed by atoms with Crippen LogP contribution in [0.5, 0.6) is 0 Å². The fourth-order valence-corrected chi connectivity index (χ4v) is 4.29. The summed E-state index contributed by atoms with van der Waals surface area (Å²) in [6.45, 7) is 2.78. The first kappa shape index (κ1) is 15.6. The van der Waals surface area contributed by atoms with Crippen LogP contribution in [0.4, 0.5) is 0 Å². The van der Waals surface area contributed by atoms with Gasteiger partial charge in [0.25, 0.3) is 0 Å². The molecule has 2 unspecified atom stereocenters. The van der Waals surface area contributed by atoms with Crippen molar-refractivity contribution in [3.05, 3.63) is 71.3 Å². The maximum atomic E-state index is 10.6. The Bertz CT molecular complexity index is 608. The zero-order chi connectivity index (χ0) is 15.4. The van der Waals surface area contributed by atoms with E-state index in [1.165, 1.54) is 16.7 Å². The van der Waals surface area contributed by atoms with E-state index in [1.54, 1.807) is 0 Å². The highest BCUT2D eigenvalue weighted by molar-refractivity contribution is 7.99. The largest absolute Gasteiger partial charge is 0.388 e. The van der Waals surface area contributed by atoms with Crippen molar-refractivity contribution in [3.63, 3.8) is 0 Å². The number of hydrogen-bond donors (Lipinski definition) is 2. The van der Waals surface area contributed by atoms with Crippen LogP contribution >= 0.6 is 11.8 Å². The molecule has 1 saturated heterocycles. The van der Waals surface area contributed by atoms with E-state index in [1.807, 2.05) is 17.8 Å². The lowest BCUT2D eigenvalue weighted by Gasteiger charge is -2.27. The average molecular weight is 313 g/mol. The van der Waals surface area contributed by atoms with Crippen molar-refractivity contribution >= 4 is 11.8 Å². The molecule has 0 radical (unpaired) electrons. The molecule has 1 heterocycles. The summed E-state index contributed by atoms with van der Waals surface area (Å²) in [6.07, 6.45) is 0.875. The molecule has 1 aliphatic rings. The lowest BCUT2D eigenvalue weighted by molar-refractivity contribution is 0.0658. The number of thioether (sulfide) groups is 1. The molecule has 0 aliphatic carbocycles. The third-order valence-corrected chi connectivity index (χ3v) is 5.58. The van der Waals surface area contributed by atoms with Crippen LogP contribution in [0.3, 0.4) is 0 Å². The van der Waals surface area contributed by atoms with Crippen LogP contribution in [0.15, 0.2) is 54.6 Å². The van der Waals surface area contributed by atoms with Crippen molar-refractivity contribution in [3.8, 4) is 0 Å². The van der Waals surface area contributed by atoms with Gasteiger partial charge in [0.05, 0.1) is 11.6 Å². The van der Waals surface area contributed by atoms with Gasteiger partial charge in [0.15, 0.2) is 0 Å². The van der Waals surface area contributed by atoms with Crippen LogP contribution in [0.1, 0.15) is 29.2 Å². The predicted molar refractivity (Wildman–Crippen MR) is 94.4 cm³/mol. The minimum absolute atomic E-state index is 0.122. The Balaban J connectivity index is 1.85. The topological polar surface area (TPSA) is 32.3 Å². The van der Waals surface area contributed by atoms with Crippen molar-refractivity contribution in [2.75, 3.05) is 18.1 Å². The molecule has 0 bridgehead atoms. The summed E-state index contributed by atoms with van der Waals surface area (Å²) in [5.74, 6) is 1.88. The van der Waals surface area contributed by atoms with Gasteiger partial charge in [-0.3, -0.25) is 0 Å². The summed E-state index contributed by atoms with van der Waals surface area (Å²) in [6, 6.07) is 19.1. The molecule has 1 aliphatic heterocycles. The Morgan fingerprint density at radius 1 is 1.14 bits per heavy atom. The standard InChI is InChI=1S/C19H23NOS/c1-15-7-5-6-10-17(15)18(16-8-3-2-4-9-16)20-13-19(21)11-12-22-14-19/h2-10,18,20-21H,11-14H2,1H3. The van der Waals surface area contributed by atoms with Crippen molar-refractivity contribution in [1.82, 2.24) is 5.32 Å². The lowest BCUT2D eigenvalue weighted by Crippen LogP contribution is -2.42. The van der Waals surface area contributed by atoms with Gasteiger partial charge in [-0.05, 0) is 35.8 Å². The van der Waals surface area contributed by atoms with Gasteiger partial charge in [-0.2, -0.15) is 11.8 Å². The zero-order valence-electron chi connectivity index (χ0n) is 13.0. The number of hydrogen-bond acceptors (Lipinski definition) is 3. The van der Waals surface area contributed by atoms with E-state index in [0.29, 0.717) is 6.54 Å². The van der Waals surface area contributed by atoms with Crippen LogP contribution in [-0.4, -0.2) is 28.8 Å². The summed E-state index contributed by atoms with van der Waals surface area (Å²) in [5, 5.41) is 14.2. The van der Waals surface area contributed by atoms with Crippen LogP contribution < -0.4 is 5.32 Å². The second-order valence-corrected chi connectivity index (χ2v) is 7.21. The van der Waals surface area contributed by atoms with Crippen LogP contribution in [0, 0.1) is 6.92 Å². The predicted octanol–water partition coefficient (Wildman–Crippen LogP) is 3.54. The first-order valence-electron chi connectivity index (χ1n) is 7.82. The monoisotopic (exact) mass is 313 g/mol. The Hall–Kier alpha value is -1.29. The fraction of sp³-hybridized carbons (Fsp3) is 0.368. The molecule has 2 atom stereocenters. The number of aryl methyl sites for hydroxylation is 1. The number of nitrogens with one attached hydrogen (secondary N) is 1. The summed E-state index contributed by atoms with van der Waals surface area (Å²) in [4.78, 5) is 0. The molecule has 116 valence electrons. The second-order valence-electron chi connectivity index (χ2n) is 6.11. The molecule has 2 aromatic rings. The molecular formula is C19H23NOS. The van der Waals surface area contributed by atoms with E-state index < -0.39 is 5.60 Å². The molecule has 0 aromatic heterocycles. The minimum atomic E-state index is -0.569. The molecule has 0 spiro atoms. The zero-order valence-corrected chi connectivity index (χ0v) is 13.8. The summed E-state index contributed by atoms with van der Waals surface area (Å²) in [7, 11) is 0. The molecular weight excluding hydrogens is 290 g/mol. The fourth-order valence-electron chi connectivity index (χ4n) is 2.99. The van der Waals surface area contributed by atoms with Crippen molar-refractivity contribution < 1.29 is 5.11 Å². The summed E-state index contributed by atoms with van der Waals surface area (Å²) < 4.78 is 0. The highest BCUT2D eigenvalue weighted by atomic mass is 32.2. The molecule has 2 aromatic carbocycles. The molecule has 2 N–H and O–H groups in total. The molecule has 2 nitrogen and oxygen atoms in total. The van der Waals surface area contributed by atoms with E-state index in [9.17, 15) is 5.11 Å². The van der Waals surface area contributed by atoms with Crippen molar-refractivity contribution in [2.24, 2.45) is 0 Å². The maximum absolute atomic E-state index is 10.6. The van der Waals surface area contributed by atoms with E-state index in [0.717, 1.165) is 17.9 Å². The van der Waals surface area contributed by atoms with Crippen molar-refractivity contribution in [1.29, 1.82) is 0 Å². The van der Waals surface area contributed by atoms with E-state index in [2.05, 4.69) is 60.8 Å². The highest BCUT2D eigenvalue weighted by Crippen LogP contribution is 2.30. The van der Waals surface area contributed by atoms with Crippen LogP contribution in [-0.2, 0) is 0 Å². The molecule has 0 saturated carbocycles. The van der Waals surface area contributed by atoms with Gasteiger partial charge in [-0.25, -0.2) is 0 Å². The Labute approximate surface area is 137 Å². The van der Waals surface area contributed by atoms with Gasteiger partial charge >= 0.3 is 0 Å². The lowest BCUT2D eigenvalue weighted by atomic mass is 9.94. The molecule has 1 fully saturated rings. The van der Waals surface area contributed by atoms with Gasteiger partial charge in [-0.1, -0.05) is 54.6 Å². The summed E-state index contributed by atoms with van der Waals surface area (Å²) in [5.41, 5.74) is 3.23.